The first-order valence-corrected chi connectivity index (χ1v) is 14.5. The highest BCUT2D eigenvalue weighted by atomic mass is 16.4. The molecule has 0 fully saturated rings. The average Bonchev–Trinajstić information content (AvgIpc) is 2.97. The van der Waals surface area contributed by atoms with Crippen molar-refractivity contribution in [3.05, 3.63) is 29.8 Å². The predicted octanol–water partition coefficient (Wildman–Crippen LogP) is -2.43. The first kappa shape index (κ1) is 39.3. The molecule has 0 aromatic heterocycles. The highest BCUT2D eigenvalue weighted by Crippen LogP contribution is 2.12. The summed E-state index contributed by atoms with van der Waals surface area (Å²) in [6.07, 6.45) is -1.17. The topological polar surface area (TPSA) is 287 Å². The second-order valence-electron chi connectivity index (χ2n) is 11.4. The number of aliphatic carboxylic acids is 2. The highest BCUT2D eigenvalue weighted by Gasteiger charge is 2.33. The first-order valence-electron chi connectivity index (χ1n) is 14.5. The van der Waals surface area contributed by atoms with E-state index in [9.17, 15) is 54.0 Å². The number of rotatable bonds is 18. The largest absolute Gasteiger partial charge is 0.508 e. The van der Waals surface area contributed by atoms with E-state index >= 15 is 0 Å². The van der Waals surface area contributed by atoms with E-state index in [1.807, 2.05) is 0 Å². The quantitative estimate of drug-likeness (QED) is 0.0792. The summed E-state index contributed by atoms with van der Waals surface area (Å²) in [4.78, 5) is 87.5. The predicted molar refractivity (Wildman–Crippen MR) is 162 cm³/mol. The molecule has 0 heterocycles. The van der Waals surface area contributed by atoms with Crippen LogP contribution in [0.15, 0.2) is 24.3 Å². The van der Waals surface area contributed by atoms with E-state index in [0.29, 0.717) is 5.56 Å². The third kappa shape index (κ3) is 12.7. The van der Waals surface area contributed by atoms with E-state index in [4.69, 9.17) is 5.73 Å². The lowest BCUT2D eigenvalue weighted by molar-refractivity contribution is -0.143. The van der Waals surface area contributed by atoms with Crippen molar-refractivity contribution in [2.45, 2.75) is 83.7 Å². The zero-order valence-corrected chi connectivity index (χ0v) is 26.3. The molecule has 17 heteroatoms. The molecule has 17 nitrogen and oxygen atoms in total. The number of carboxylic acids is 2. The van der Waals surface area contributed by atoms with E-state index in [2.05, 4.69) is 26.6 Å². The summed E-state index contributed by atoms with van der Waals surface area (Å²) in [6.45, 7) is 6.82. The molecule has 0 unspecified atom stereocenters. The van der Waals surface area contributed by atoms with Crippen molar-refractivity contribution in [3.63, 3.8) is 0 Å². The van der Waals surface area contributed by atoms with E-state index in [-0.39, 0.29) is 18.1 Å². The number of benzene rings is 1. The highest BCUT2D eigenvalue weighted by molar-refractivity contribution is 5.97. The summed E-state index contributed by atoms with van der Waals surface area (Å²) < 4.78 is 0. The van der Waals surface area contributed by atoms with Gasteiger partial charge >= 0.3 is 11.9 Å². The van der Waals surface area contributed by atoms with Crippen LogP contribution in [0.2, 0.25) is 0 Å². The molecule has 46 heavy (non-hydrogen) atoms. The zero-order valence-electron chi connectivity index (χ0n) is 26.3. The Balaban J connectivity index is 3.23. The summed E-state index contributed by atoms with van der Waals surface area (Å²) in [5.41, 5.74) is 6.20. The molecule has 256 valence electrons. The molecule has 11 N–H and O–H groups in total. The fourth-order valence-electron chi connectivity index (χ4n) is 3.94. The van der Waals surface area contributed by atoms with Crippen LogP contribution in [-0.4, -0.2) is 105 Å². The number of carbonyl (C=O) groups is 7. The Morgan fingerprint density at radius 3 is 1.65 bits per heavy atom. The van der Waals surface area contributed by atoms with Crippen LogP contribution in [-0.2, 0) is 40.0 Å². The van der Waals surface area contributed by atoms with Gasteiger partial charge in [0.05, 0.1) is 19.1 Å². The summed E-state index contributed by atoms with van der Waals surface area (Å²) in [5.74, 6) is -8.41. The number of phenolic OH excluding ortho intramolecular Hbond substituents is 1. The molecule has 0 aliphatic heterocycles. The van der Waals surface area contributed by atoms with Gasteiger partial charge < -0.3 is 52.7 Å². The van der Waals surface area contributed by atoms with Crippen molar-refractivity contribution in [3.8, 4) is 5.75 Å². The second-order valence-corrected chi connectivity index (χ2v) is 11.4. The van der Waals surface area contributed by atoms with Crippen LogP contribution in [0.5, 0.6) is 5.75 Å². The van der Waals surface area contributed by atoms with Gasteiger partial charge in [0.1, 0.15) is 36.0 Å². The van der Waals surface area contributed by atoms with Gasteiger partial charge in [0.25, 0.3) is 0 Å². The van der Waals surface area contributed by atoms with E-state index in [1.165, 1.54) is 45.0 Å². The van der Waals surface area contributed by atoms with Crippen molar-refractivity contribution < 1.29 is 54.0 Å². The Labute approximate surface area is 265 Å². The molecule has 0 aliphatic carbocycles. The molecule has 0 bridgehead atoms. The lowest BCUT2D eigenvalue weighted by Crippen LogP contribution is -2.60. The molecule has 5 amide bonds. The van der Waals surface area contributed by atoms with Crippen molar-refractivity contribution >= 4 is 41.5 Å². The molecule has 0 spiro atoms. The average molecular weight is 653 g/mol. The number of phenols is 1. The van der Waals surface area contributed by atoms with Gasteiger partial charge in [0, 0.05) is 6.42 Å². The van der Waals surface area contributed by atoms with Gasteiger partial charge in [0.2, 0.25) is 29.5 Å². The third-order valence-electron chi connectivity index (χ3n) is 6.84. The first-order chi connectivity index (χ1) is 21.4. The molecule has 1 rings (SSSR count). The zero-order chi connectivity index (χ0) is 35.3. The lowest BCUT2D eigenvalue weighted by atomic mass is 10.0. The summed E-state index contributed by atoms with van der Waals surface area (Å²) >= 11 is 0. The van der Waals surface area contributed by atoms with Crippen LogP contribution in [0.25, 0.3) is 0 Å². The molecule has 0 radical (unpaired) electrons. The molecule has 1 aromatic carbocycles. The van der Waals surface area contributed by atoms with Crippen molar-refractivity contribution in [1.82, 2.24) is 26.6 Å². The van der Waals surface area contributed by atoms with Gasteiger partial charge in [0.15, 0.2) is 0 Å². The van der Waals surface area contributed by atoms with E-state index in [1.54, 1.807) is 13.8 Å². The Morgan fingerprint density at radius 2 is 1.17 bits per heavy atom. The number of aliphatic hydroxyl groups is 1. The Morgan fingerprint density at radius 1 is 0.674 bits per heavy atom. The minimum atomic E-state index is -1.72. The minimum absolute atomic E-state index is 0.0938. The van der Waals surface area contributed by atoms with Gasteiger partial charge in [-0.2, -0.15) is 0 Å². The molecule has 0 aliphatic rings. The summed E-state index contributed by atoms with van der Waals surface area (Å²) in [5, 5.41) is 49.6. The molecule has 0 saturated carbocycles. The Kier molecular flexibility index (Phi) is 15.6. The van der Waals surface area contributed by atoms with Crippen LogP contribution in [0.3, 0.4) is 0 Å². The fraction of sp³-hybridized carbons (Fsp3) is 0.552. The van der Waals surface area contributed by atoms with Crippen LogP contribution in [0.1, 0.15) is 46.6 Å². The molecule has 1 aromatic rings. The van der Waals surface area contributed by atoms with Gasteiger partial charge in [-0.25, -0.2) is 4.79 Å². The number of carboxylic acid groups (broad SMARTS) is 2. The van der Waals surface area contributed by atoms with Gasteiger partial charge in [-0.3, -0.25) is 28.8 Å². The normalized spacial score (nSPS) is 15.0. The number of hydrogen-bond acceptors (Lipinski definition) is 10. The van der Waals surface area contributed by atoms with E-state index in [0.717, 1.165) is 0 Å². The maximum atomic E-state index is 13.3. The second kappa shape index (κ2) is 18.3. The number of aliphatic hydroxyl groups excluding tert-OH is 1. The Bertz CT molecular complexity index is 1250. The number of carbonyl (C=O) groups excluding carboxylic acids is 5. The third-order valence-corrected chi connectivity index (χ3v) is 6.84. The maximum absolute atomic E-state index is 13.3. The monoisotopic (exact) mass is 652 g/mol. The van der Waals surface area contributed by atoms with Crippen molar-refractivity contribution in [1.29, 1.82) is 0 Å². The van der Waals surface area contributed by atoms with Crippen molar-refractivity contribution in [2.24, 2.45) is 17.6 Å². The molecule has 6 atom stereocenters. The van der Waals surface area contributed by atoms with Gasteiger partial charge in [-0.1, -0.05) is 39.8 Å². The standard InChI is InChI=1S/C29H44N6O11/c1-13(2)22(30)28(44)31-15(5)24(40)32-19(11-21(38)39)26(42)33-18(10-16-6-8-17(37)9-7-16)25(41)34-20(12-36)27(43)35-23(14(3)4)29(45)46/h6-9,13-15,18-20,22-23,36-37H,10-12,30H2,1-5H3,(H,31,44)(H,32,40)(H,33,42)(H,34,41)(H,35,43)(H,38,39)(H,45,46)/t15-,18-,19-,20-,22-,23-/m0/s1. The number of nitrogens with two attached hydrogens (primary N) is 1. The van der Waals surface area contributed by atoms with Crippen molar-refractivity contribution in [2.75, 3.05) is 6.61 Å². The van der Waals surface area contributed by atoms with Gasteiger partial charge in [-0.05, 0) is 36.5 Å². The molecular formula is C29H44N6O11. The number of nitrogens with one attached hydrogen (secondary N) is 5. The smallest absolute Gasteiger partial charge is 0.326 e. The van der Waals surface area contributed by atoms with Crippen LogP contribution >= 0.6 is 0 Å². The van der Waals surface area contributed by atoms with Crippen LogP contribution in [0.4, 0.5) is 0 Å². The lowest BCUT2D eigenvalue weighted by Gasteiger charge is -2.26. The Hall–Kier alpha value is -4.77. The SMILES string of the molecule is CC(C)[C@H](N)C(=O)N[C@@H](C)C(=O)N[C@@H](CC(=O)O)C(=O)N[C@@H](Cc1ccc(O)cc1)C(=O)N[C@@H](CO)C(=O)N[C@H](C(=O)O)C(C)C. The maximum Gasteiger partial charge on any atom is 0.326 e. The van der Waals surface area contributed by atoms with Gasteiger partial charge in [-0.15, -0.1) is 0 Å². The fourth-order valence-corrected chi connectivity index (χ4v) is 3.94. The number of hydrogen-bond donors (Lipinski definition) is 10. The summed E-state index contributed by atoms with van der Waals surface area (Å²) in [7, 11) is 0. The van der Waals surface area contributed by atoms with Crippen LogP contribution < -0.4 is 32.3 Å². The molecular weight excluding hydrogens is 608 g/mol. The van der Waals surface area contributed by atoms with Crippen LogP contribution in [0, 0.1) is 11.8 Å². The number of aromatic hydroxyl groups is 1. The summed E-state index contributed by atoms with van der Waals surface area (Å²) in [6, 6.07) is -2.89. The molecule has 0 saturated heterocycles. The minimum Gasteiger partial charge on any atom is -0.508 e. The van der Waals surface area contributed by atoms with E-state index < -0.39 is 96.7 Å². The number of amides is 5.